The van der Waals surface area contributed by atoms with Crippen molar-refractivity contribution in [2.75, 3.05) is 0 Å². The van der Waals surface area contributed by atoms with Crippen molar-refractivity contribution < 1.29 is 9.59 Å². The highest BCUT2D eigenvalue weighted by Crippen LogP contribution is 2.31. The minimum Gasteiger partial charge on any atom is -0.331 e. The summed E-state index contributed by atoms with van der Waals surface area (Å²) in [6.45, 7) is 0. The Morgan fingerprint density at radius 1 is 1.20 bits per heavy atom. The van der Waals surface area contributed by atoms with Gasteiger partial charge in [-0.15, -0.1) is 0 Å². The largest absolute Gasteiger partial charge is 0.331 e. The molecule has 1 aliphatic rings. The molecule has 2 aromatic rings. The SMILES string of the molecule is O=CCC(NC(=O)N[C@H]1CCc2ccccc21)c1ccc(Cl)c(Cl)c1. The number of aldehydes is 1. The van der Waals surface area contributed by atoms with Gasteiger partial charge in [0, 0.05) is 6.42 Å². The van der Waals surface area contributed by atoms with Crippen molar-refractivity contribution in [1.82, 2.24) is 10.6 Å². The van der Waals surface area contributed by atoms with Crippen LogP contribution in [0, 0.1) is 0 Å². The Bertz CT molecular complexity index is 795. The summed E-state index contributed by atoms with van der Waals surface area (Å²) in [6.07, 6.45) is 2.76. The maximum atomic E-state index is 12.4. The average molecular weight is 377 g/mol. The van der Waals surface area contributed by atoms with Gasteiger partial charge in [-0.1, -0.05) is 53.5 Å². The number of urea groups is 1. The molecule has 3 rings (SSSR count). The van der Waals surface area contributed by atoms with Gasteiger partial charge in [-0.05, 0) is 41.7 Å². The molecule has 1 aliphatic carbocycles. The van der Waals surface area contributed by atoms with Crippen LogP contribution in [0.1, 0.15) is 41.6 Å². The number of nitrogens with one attached hydrogen (secondary N) is 2. The summed E-state index contributed by atoms with van der Waals surface area (Å²) in [5.74, 6) is 0. The molecule has 0 heterocycles. The molecule has 2 atom stereocenters. The highest BCUT2D eigenvalue weighted by atomic mass is 35.5. The van der Waals surface area contributed by atoms with E-state index in [1.807, 2.05) is 18.2 Å². The Kier molecular flexibility index (Phi) is 5.61. The lowest BCUT2D eigenvalue weighted by Crippen LogP contribution is -2.39. The molecule has 0 bridgehead atoms. The molecule has 130 valence electrons. The summed E-state index contributed by atoms with van der Waals surface area (Å²) in [6, 6.07) is 12.4. The minimum absolute atomic E-state index is 0.0121. The molecular weight excluding hydrogens is 359 g/mol. The van der Waals surface area contributed by atoms with Gasteiger partial charge in [0.05, 0.1) is 22.1 Å². The molecular formula is C19H18Cl2N2O2. The highest BCUT2D eigenvalue weighted by molar-refractivity contribution is 6.42. The van der Waals surface area contributed by atoms with Crippen LogP contribution in [-0.2, 0) is 11.2 Å². The van der Waals surface area contributed by atoms with Crippen molar-refractivity contribution in [2.24, 2.45) is 0 Å². The predicted octanol–water partition coefficient (Wildman–Crippen LogP) is 4.61. The van der Waals surface area contributed by atoms with E-state index in [-0.39, 0.29) is 18.5 Å². The smallest absolute Gasteiger partial charge is 0.315 e. The van der Waals surface area contributed by atoms with E-state index in [0.29, 0.717) is 10.0 Å². The second-order valence-corrected chi connectivity index (χ2v) is 6.85. The van der Waals surface area contributed by atoms with Crippen LogP contribution in [0.3, 0.4) is 0 Å². The normalized spacial score (nSPS) is 16.8. The fourth-order valence-electron chi connectivity index (χ4n) is 3.17. The van der Waals surface area contributed by atoms with Gasteiger partial charge in [0.2, 0.25) is 0 Å². The van der Waals surface area contributed by atoms with E-state index < -0.39 is 6.04 Å². The molecule has 0 saturated carbocycles. The number of hydrogen-bond acceptors (Lipinski definition) is 2. The topological polar surface area (TPSA) is 58.2 Å². The van der Waals surface area contributed by atoms with E-state index in [4.69, 9.17) is 23.2 Å². The van der Waals surface area contributed by atoms with Crippen molar-refractivity contribution in [3.8, 4) is 0 Å². The predicted molar refractivity (Wildman–Crippen MR) is 99.1 cm³/mol. The van der Waals surface area contributed by atoms with Crippen LogP contribution >= 0.6 is 23.2 Å². The number of carbonyl (C=O) groups excluding carboxylic acids is 2. The number of rotatable bonds is 5. The lowest BCUT2D eigenvalue weighted by atomic mass is 10.0. The molecule has 0 spiro atoms. The molecule has 2 N–H and O–H groups in total. The van der Waals surface area contributed by atoms with Crippen molar-refractivity contribution in [3.63, 3.8) is 0 Å². The Morgan fingerprint density at radius 3 is 2.76 bits per heavy atom. The number of aryl methyl sites for hydroxylation is 1. The van der Waals surface area contributed by atoms with Crippen molar-refractivity contribution in [3.05, 3.63) is 69.2 Å². The summed E-state index contributed by atoms with van der Waals surface area (Å²) >= 11 is 12.0. The zero-order valence-electron chi connectivity index (χ0n) is 13.5. The van der Waals surface area contributed by atoms with Crippen LogP contribution in [0.25, 0.3) is 0 Å². The second kappa shape index (κ2) is 7.89. The quantitative estimate of drug-likeness (QED) is 0.748. The zero-order valence-corrected chi connectivity index (χ0v) is 15.0. The van der Waals surface area contributed by atoms with Gasteiger partial charge in [-0.25, -0.2) is 4.79 Å². The van der Waals surface area contributed by atoms with Gasteiger partial charge >= 0.3 is 6.03 Å². The maximum absolute atomic E-state index is 12.4. The lowest BCUT2D eigenvalue weighted by Gasteiger charge is -2.20. The van der Waals surface area contributed by atoms with Crippen LogP contribution in [0.15, 0.2) is 42.5 Å². The average Bonchev–Trinajstić information content (AvgIpc) is 3.00. The summed E-state index contributed by atoms with van der Waals surface area (Å²) < 4.78 is 0. The molecule has 0 radical (unpaired) electrons. The Balaban J connectivity index is 1.69. The van der Waals surface area contributed by atoms with Crippen molar-refractivity contribution in [2.45, 2.75) is 31.3 Å². The summed E-state index contributed by atoms with van der Waals surface area (Å²) in [7, 11) is 0. The first kappa shape index (κ1) is 17.8. The van der Waals surface area contributed by atoms with Gasteiger partial charge in [0.25, 0.3) is 0 Å². The number of halogens is 2. The third-order valence-electron chi connectivity index (χ3n) is 4.42. The van der Waals surface area contributed by atoms with E-state index in [2.05, 4.69) is 16.7 Å². The molecule has 25 heavy (non-hydrogen) atoms. The molecule has 0 saturated heterocycles. The second-order valence-electron chi connectivity index (χ2n) is 6.04. The van der Waals surface area contributed by atoms with Gasteiger partial charge in [-0.2, -0.15) is 0 Å². The first-order valence-corrected chi connectivity index (χ1v) is 8.87. The first-order chi connectivity index (χ1) is 12.1. The van der Waals surface area contributed by atoms with Crippen LogP contribution in [-0.4, -0.2) is 12.3 Å². The Hall–Kier alpha value is -2.04. The van der Waals surface area contributed by atoms with Crippen LogP contribution in [0.2, 0.25) is 10.0 Å². The third-order valence-corrected chi connectivity index (χ3v) is 5.16. The van der Waals surface area contributed by atoms with Gasteiger partial charge in [-0.3, -0.25) is 0 Å². The number of hydrogen-bond donors (Lipinski definition) is 2. The molecule has 1 unspecified atom stereocenters. The first-order valence-electron chi connectivity index (χ1n) is 8.12. The number of carbonyl (C=O) groups is 2. The molecule has 2 amide bonds. The lowest BCUT2D eigenvalue weighted by molar-refractivity contribution is -0.108. The minimum atomic E-state index is -0.455. The molecule has 4 nitrogen and oxygen atoms in total. The fourth-order valence-corrected chi connectivity index (χ4v) is 3.48. The number of fused-ring (bicyclic) bond motifs is 1. The van der Waals surface area contributed by atoms with Crippen LogP contribution in [0.4, 0.5) is 4.79 Å². The number of benzene rings is 2. The fraction of sp³-hybridized carbons (Fsp3) is 0.263. The molecule has 2 aromatic carbocycles. The van der Waals surface area contributed by atoms with E-state index in [1.165, 1.54) is 5.56 Å². The molecule has 0 aliphatic heterocycles. The molecule has 0 aromatic heterocycles. The van der Waals surface area contributed by atoms with Gasteiger partial charge < -0.3 is 15.4 Å². The molecule has 6 heteroatoms. The van der Waals surface area contributed by atoms with Crippen LogP contribution < -0.4 is 10.6 Å². The highest BCUT2D eigenvalue weighted by Gasteiger charge is 2.24. The van der Waals surface area contributed by atoms with Crippen molar-refractivity contribution >= 4 is 35.5 Å². The monoisotopic (exact) mass is 376 g/mol. The van der Waals surface area contributed by atoms with Crippen molar-refractivity contribution in [1.29, 1.82) is 0 Å². The summed E-state index contributed by atoms with van der Waals surface area (Å²) in [4.78, 5) is 23.4. The summed E-state index contributed by atoms with van der Waals surface area (Å²) in [5.41, 5.74) is 3.16. The Morgan fingerprint density at radius 2 is 2.00 bits per heavy atom. The standard InChI is InChI=1S/C19H18Cl2N2O2/c20-15-7-5-13(11-16(15)21)17(9-10-24)22-19(25)23-18-8-6-12-3-1-2-4-14(12)18/h1-5,7,10-11,17-18H,6,8-9H2,(H2,22,23,25)/t17?,18-/m0/s1. The van der Waals surface area contributed by atoms with E-state index in [0.717, 1.165) is 30.3 Å². The van der Waals surface area contributed by atoms with Crippen LogP contribution in [0.5, 0.6) is 0 Å². The number of amides is 2. The summed E-state index contributed by atoms with van der Waals surface area (Å²) in [5, 5.41) is 6.67. The zero-order chi connectivity index (χ0) is 17.8. The van der Waals surface area contributed by atoms with E-state index in [1.54, 1.807) is 18.2 Å². The van der Waals surface area contributed by atoms with Gasteiger partial charge in [0.1, 0.15) is 6.29 Å². The third kappa shape index (κ3) is 4.14. The maximum Gasteiger partial charge on any atom is 0.315 e. The molecule has 0 fully saturated rings. The van der Waals surface area contributed by atoms with E-state index >= 15 is 0 Å². The Labute approximate surface area is 156 Å². The van der Waals surface area contributed by atoms with Gasteiger partial charge in [0.15, 0.2) is 0 Å². The van der Waals surface area contributed by atoms with E-state index in [9.17, 15) is 9.59 Å².